The van der Waals surface area contributed by atoms with Gasteiger partial charge in [-0.15, -0.1) is 0 Å². The van der Waals surface area contributed by atoms with Crippen molar-refractivity contribution in [2.24, 2.45) is 0 Å². The Morgan fingerprint density at radius 3 is 2.45 bits per heavy atom. The Kier molecular flexibility index (Phi) is 4.01. The summed E-state index contributed by atoms with van der Waals surface area (Å²) in [6, 6.07) is 16.0. The van der Waals surface area contributed by atoms with Crippen molar-refractivity contribution in [1.82, 2.24) is 0 Å². The molecule has 0 unspecified atom stereocenters. The first-order chi connectivity index (χ1) is 9.63. The summed E-state index contributed by atoms with van der Waals surface area (Å²) >= 11 is 2.40. The fourth-order valence-electron chi connectivity index (χ4n) is 2.95. The van der Waals surface area contributed by atoms with Crippen LogP contribution in [0.3, 0.4) is 0 Å². The van der Waals surface area contributed by atoms with Crippen LogP contribution < -0.4 is 5.32 Å². The van der Waals surface area contributed by atoms with Gasteiger partial charge < -0.3 is 5.32 Å². The van der Waals surface area contributed by atoms with Gasteiger partial charge in [0.25, 0.3) is 0 Å². The van der Waals surface area contributed by atoms with E-state index in [0.717, 1.165) is 5.92 Å². The van der Waals surface area contributed by atoms with Crippen molar-refractivity contribution in [3.8, 4) is 0 Å². The highest BCUT2D eigenvalue weighted by atomic mass is 127. The summed E-state index contributed by atoms with van der Waals surface area (Å²) in [4.78, 5) is 0. The quantitative estimate of drug-likeness (QED) is 0.719. The first kappa shape index (κ1) is 13.9. The summed E-state index contributed by atoms with van der Waals surface area (Å²) in [7, 11) is 0. The summed E-state index contributed by atoms with van der Waals surface area (Å²) in [5, 5.41) is 3.66. The lowest BCUT2D eigenvalue weighted by molar-refractivity contribution is 0.373. The van der Waals surface area contributed by atoms with Gasteiger partial charge in [0.05, 0.1) is 0 Å². The van der Waals surface area contributed by atoms with Crippen LogP contribution >= 0.6 is 22.6 Å². The second-order valence-electron chi connectivity index (χ2n) is 5.83. The molecule has 20 heavy (non-hydrogen) atoms. The Morgan fingerprint density at radius 1 is 1.00 bits per heavy atom. The van der Waals surface area contributed by atoms with Crippen molar-refractivity contribution in [3.05, 3.63) is 62.7 Å². The maximum absolute atomic E-state index is 3.66. The van der Waals surface area contributed by atoms with Gasteiger partial charge in [0.15, 0.2) is 0 Å². The number of rotatable bonds is 3. The molecule has 104 valence electrons. The third kappa shape index (κ3) is 2.85. The highest BCUT2D eigenvalue weighted by Gasteiger charge is 2.30. The normalized spacial score (nSPS) is 21.4. The van der Waals surface area contributed by atoms with E-state index < -0.39 is 0 Å². The van der Waals surface area contributed by atoms with E-state index in [1.54, 1.807) is 0 Å². The number of benzene rings is 2. The largest absolute Gasteiger partial charge is 0.382 e. The molecule has 1 nitrogen and oxygen atoms in total. The van der Waals surface area contributed by atoms with Crippen LogP contribution in [0.4, 0.5) is 5.69 Å². The van der Waals surface area contributed by atoms with Gasteiger partial charge in [-0.25, -0.2) is 0 Å². The van der Waals surface area contributed by atoms with E-state index in [9.17, 15) is 0 Å². The van der Waals surface area contributed by atoms with Crippen molar-refractivity contribution in [2.75, 3.05) is 5.32 Å². The zero-order valence-electron chi connectivity index (χ0n) is 12.0. The summed E-state index contributed by atoms with van der Waals surface area (Å²) in [5.74, 6) is 0.734. The maximum Gasteiger partial charge on any atom is 0.0353 e. The predicted molar refractivity (Wildman–Crippen MR) is 94.5 cm³/mol. The zero-order chi connectivity index (χ0) is 14.1. The molecule has 2 heteroatoms. The predicted octanol–water partition coefficient (Wildman–Crippen LogP) is 5.27. The van der Waals surface area contributed by atoms with Gasteiger partial charge in [0.2, 0.25) is 0 Å². The lowest BCUT2D eigenvalue weighted by Gasteiger charge is -2.37. The number of anilines is 1. The minimum atomic E-state index is 0.623. The molecule has 0 spiro atoms. The molecule has 0 saturated heterocycles. The summed E-state index contributed by atoms with van der Waals surface area (Å²) in [6.07, 6.45) is 2.49. The molecule has 1 aliphatic rings. The number of hydrogen-bond donors (Lipinski definition) is 1. The van der Waals surface area contributed by atoms with E-state index in [4.69, 9.17) is 0 Å². The van der Waals surface area contributed by atoms with Crippen molar-refractivity contribution in [3.63, 3.8) is 0 Å². The molecule has 0 aliphatic heterocycles. The van der Waals surface area contributed by atoms with Gasteiger partial charge in [-0.3, -0.25) is 0 Å². The van der Waals surface area contributed by atoms with Crippen LogP contribution in [-0.2, 0) is 0 Å². The molecule has 2 aromatic carbocycles. The van der Waals surface area contributed by atoms with E-state index in [2.05, 4.69) is 84.2 Å². The average Bonchev–Trinajstić information content (AvgIpc) is 2.39. The van der Waals surface area contributed by atoms with Gasteiger partial charge in [-0.05, 0) is 84.0 Å². The molecule has 2 aromatic rings. The molecule has 0 bridgehead atoms. The zero-order valence-corrected chi connectivity index (χ0v) is 14.1. The number of hydrogen-bond acceptors (Lipinski definition) is 1. The van der Waals surface area contributed by atoms with Crippen LogP contribution in [0.5, 0.6) is 0 Å². The van der Waals surface area contributed by atoms with Crippen LogP contribution in [0, 0.1) is 17.4 Å². The first-order valence-corrected chi connectivity index (χ1v) is 8.29. The Balaban J connectivity index is 1.61. The van der Waals surface area contributed by atoms with E-state index in [1.807, 2.05) is 0 Å². The number of halogens is 1. The average molecular weight is 377 g/mol. The van der Waals surface area contributed by atoms with Gasteiger partial charge in [0.1, 0.15) is 0 Å². The molecule has 1 fully saturated rings. The molecule has 0 heterocycles. The van der Waals surface area contributed by atoms with E-state index in [0.29, 0.717) is 6.04 Å². The number of nitrogens with one attached hydrogen (secondary N) is 1. The maximum atomic E-state index is 3.66. The smallest absolute Gasteiger partial charge is 0.0353 e. The highest BCUT2D eigenvalue weighted by molar-refractivity contribution is 14.1. The third-order valence-electron chi connectivity index (χ3n) is 4.31. The van der Waals surface area contributed by atoms with Gasteiger partial charge in [-0.1, -0.05) is 30.3 Å². The number of aryl methyl sites for hydroxylation is 2. The minimum Gasteiger partial charge on any atom is -0.382 e. The summed E-state index contributed by atoms with van der Waals surface area (Å²) in [6.45, 7) is 4.38. The Bertz CT molecular complexity index is 615. The lowest BCUT2D eigenvalue weighted by Crippen LogP contribution is -2.34. The van der Waals surface area contributed by atoms with Crippen molar-refractivity contribution >= 4 is 28.3 Å². The Labute approximate surface area is 134 Å². The highest BCUT2D eigenvalue weighted by Crippen LogP contribution is 2.39. The molecule has 0 atom stereocenters. The molecule has 0 amide bonds. The molecular formula is C18H20IN. The molecule has 3 rings (SSSR count). The van der Waals surface area contributed by atoms with E-state index >= 15 is 0 Å². The first-order valence-electron chi connectivity index (χ1n) is 7.21. The molecule has 0 aromatic heterocycles. The van der Waals surface area contributed by atoms with Crippen molar-refractivity contribution < 1.29 is 0 Å². The molecule has 1 saturated carbocycles. The lowest BCUT2D eigenvalue weighted by atomic mass is 9.74. The third-order valence-corrected chi connectivity index (χ3v) is 5.47. The van der Waals surface area contributed by atoms with E-state index in [1.165, 1.54) is 38.8 Å². The molecule has 1 N–H and O–H groups in total. The fraction of sp³-hybridized carbons (Fsp3) is 0.333. The second kappa shape index (κ2) is 5.76. The van der Waals surface area contributed by atoms with E-state index in [-0.39, 0.29) is 0 Å². The van der Waals surface area contributed by atoms with Crippen molar-refractivity contribution in [1.29, 1.82) is 0 Å². The monoisotopic (exact) mass is 377 g/mol. The van der Waals surface area contributed by atoms with Crippen LogP contribution in [0.2, 0.25) is 0 Å². The van der Waals surface area contributed by atoms with Gasteiger partial charge in [0, 0.05) is 15.3 Å². The summed E-state index contributed by atoms with van der Waals surface area (Å²) < 4.78 is 1.34. The molecular weight excluding hydrogens is 357 g/mol. The SMILES string of the molecule is Cc1ccc(NC2CC(c3ccccc3C)C2)cc1I. The van der Waals surface area contributed by atoms with Crippen molar-refractivity contribution in [2.45, 2.75) is 38.6 Å². The van der Waals surface area contributed by atoms with Crippen LogP contribution in [0.25, 0.3) is 0 Å². The minimum absolute atomic E-state index is 0.623. The Hall–Kier alpha value is -1.03. The Morgan fingerprint density at radius 2 is 1.75 bits per heavy atom. The second-order valence-corrected chi connectivity index (χ2v) is 6.99. The van der Waals surface area contributed by atoms with Gasteiger partial charge in [-0.2, -0.15) is 0 Å². The molecule has 0 radical (unpaired) electrons. The van der Waals surface area contributed by atoms with Crippen LogP contribution in [0.1, 0.15) is 35.4 Å². The summed E-state index contributed by atoms with van der Waals surface area (Å²) in [5.41, 5.74) is 5.57. The van der Waals surface area contributed by atoms with Crippen LogP contribution in [-0.4, -0.2) is 6.04 Å². The topological polar surface area (TPSA) is 12.0 Å². The van der Waals surface area contributed by atoms with Crippen LogP contribution in [0.15, 0.2) is 42.5 Å². The standard InChI is InChI=1S/C18H20IN/c1-12-5-3-4-6-17(12)14-9-16(10-14)20-15-8-7-13(2)18(19)11-15/h3-8,11,14,16,20H,9-10H2,1-2H3. The van der Waals surface area contributed by atoms with Gasteiger partial charge >= 0.3 is 0 Å². The fourth-order valence-corrected chi connectivity index (χ4v) is 3.47. The molecule has 1 aliphatic carbocycles.